The zero-order valence-corrected chi connectivity index (χ0v) is 16.6. The molecule has 1 unspecified atom stereocenters. The third kappa shape index (κ3) is 5.93. The largest absolute Gasteiger partial charge is 0.383 e. The van der Waals surface area contributed by atoms with Crippen molar-refractivity contribution in [3.05, 3.63) is 64.7 Å². The lowest BCUT2D eigenvalue weighted by Gasteiger charge is -2.22. The van der Waals surface area contributed by atoms with Crippen LogP contribution in [0.2, 0.25) is 0 Å². The van der Waals surface area contributed by atoms with Crippen molar-refractivity contribution < 1.29 is 13.9 Å². The summed E-state index contributed by atoms with van der Waals surface area (Å²) in [5, 5.41) is 13.3. The number of aryl methyl sites for hydroxylation is 2. The molecule has 0 saturated carbocycles. The average Bonchev–Trinajstić information content (AvgIpc) is 2.43. The molecule has 136 valence electrons. The molecule has 0 bridgehead atoms. The van der Waals surface area contributed by atoms with Gasteiger partial charge in [0.15, 0.2) is 5.96 Å². The van der Waals surface area contributed by atoms with E-state index in [2.05, 4.69) is 10.3 Å². The minimum atomic E-state index is -1.60. The highest BCUT2D eigenvalue weighted by atomic mass is 127. The number of anilines is 1. The summed E-state index contributed by atoms with van der Waals surface area (Å²) in [4.78, 5) is 4.06. The molecule has 2 rings (SSSR count). The highest BCUT2D eigenvalue weighted by Gasteiger charge is 2.26. The highest BCUT2D eigenvalue weighted by Crippen LogP contribution is 2.24. The van der Waals surface area contributed by atoms with E-state index in [0.717, 1.165) is 28.9 Å². The Morgan fingerprint density at radius 1 is 1.16 bits per heavy atom. The standard InChI is InChI=1S/C18H21F2N3O.HI/c1-11-6-12(2)8-14(7-11)23-17(21)22-10-18(3,24)15-5-4-13(19)9-16(15)20;/h4-9,24H,10H2,1-3H3,(H3,21,22,23);1H. The maximum Gasteiger partial charge on any atom is 0.193 e. The number of rotatable bonds is 4. The van der Waals surface area contributed by atoms with E-state index in [1.165, 1.54) is 13.0 Å². The number of nitrogens with one attached hydrogen (secondary N) is 1. The normalized spacial score (nSPS) is 13.8. The zero-order chi connectivity index (χ0) is 17.9. The third-order valence-corrected chi connectivity index (χ3v) is 3.56. The second-order valence-corrected chi connectivity index (χ2v) is 6.10. The predicted octanol–water partition coefficient (Wildman–Crippen LogP) is 3.83. The highest BCUT2D eigenvalue weighted by molar-refractivity contribution is 14.0. The van der Waals surface area contributed by atoms with Crippen LogP contribution in [0.1, 0.15) is 23.6 Å². The minimum absolute atomic E-state index is 0. The lowest BCUT2D eigenvalue weighted by molar-refractivity contribution is 0.0634. The van der Waals surface area contributed by atoms with Gasteiger partial charge in [-0.15, -0.1) is 24.0 Å². The Hall–Kier alpha value is -1.74. The maximum absolute atomic E-state index is 13.8. The SMILES string of the molecule is Cc1cc(C)cc(NC(N)=NCC(C)(O)c2ccc(F)cc2F)c1.I. The number of guanidine groups is 1. The lowest BCUT2D eigenvalue weighted by atomic mass is 9.95. The summed E-state index contributed by atoms with van der Waals surface area (Å²) in [6.07, 6.45) is 0. The van der Waals surface area contributed by atoms with Crippen LogP contribution >= 0.6 is 24.0 Å². The van der Waals surface area contributed by atoms with Gasteiger partial charge in [0, 0.05) is 17.3 Å². The number of hydrogen-bond acceptors (Lipinski definition) is 2. The van der Waals surface area contributed by atoms with Crippen LogP contribution in [0, 0.1) is 25.5 Å². The van der Waals surface area contributed by atoms with Crippen LogP contribution < -0.4 is 11.1 Å². The van der Waals surface area contributed by atoms with E-state index in [1.54, 1.807) is 0 Å². The van der Waals surface area contributed by atoms with E-state index in [4.69, 9.17) is 5.73 Å². The van der Waals surface area contributed by atoms with Gasteiger partial charge in [-0.1, -0.05) is 12.1 Å². The Bertz CT molecular complexity index is 759. The van der Waals surface area contributed by atoms with Crippen molar-refractivity contribution in [3.8, 4) is 0 Å². The van der Waals surface area contributed by atoms with Gasteiger partial charge in [-0.3, -0.25) is 0 Å². The Morgan fingerprint density at radius 3 is 2.32 bits per heavy atom. The van der Waals surface area contributed by atoms with Gasteiger partial charge in [0.2, 0.25) is 0 Å². The van der Waals surface area contributed by atoms with Crippen LogP contribution in [0.25, 0.3) is 0 Å². The smallest absolute Gasteiger partial charge is 0.193 e. The first-order valence-corrected chi connectivity index (χ1v) is 7.50. The molecular formula is C18H22F2IN3O. The first kappa shape index (κ1) is 21.3. The summed E-state index contributed by atoms with van der Waals surface area (Å²) >= 11 is 0. The van der Waals surface area contributed by atoms with Gasteiger partial charge in [0.05, 0.1) is 6.54 Å². The molecule has 1 atom stereocenters. The van der Waals surface area contributed by atoms with Crippen molar-refractivity contribution in [1.29, 1.82) is 0 Å². The summed E-state index contributed by atoms with van der Waals surface area (Å²) in [6, 6.07) is 8.87. The molecule has 2 aromatic rings. The van der Waals surface area contributed by atoms with Crippen LogP contribution in [-0.4, -0.2) is 17.6 Å². The average molecular weight is 461 g/mol. The molecule has 0 aliphatic rings. The predicted molar refractivity (Wildman–Crippen MR) is 107 cm³/mol. The monoisotopic (exact) mass is 461 g/mol. The lowest BCUT2D eigenvalue weighted by Crippen LogP contribution is -2.30. The number of benzene rings is 2. The Balaban J connectivity index is 0.00000312. The van der Waals surface area contributed by atoms with Crippen molar-refractivity contribution in [2.45, 2.75) is 26.4 Å². The molecule has 0 radical (unpaired) electrons. The minimum Gasteiger partial charge on any atom is -0.383 e. The second kappa shape index (κ2) is 8.57. The molecular weight excluding hydrogens is 439 g/mol. The van der Waals surface area contributed by atoms with E-state index in [9.17, 15) is 13.9 Å². The molecule has 0 aliphatic heterocycles. The Kier molecular flexibility index (Phi) is 7.30. The Labute approximate surface area is 163 Å². The second-order valence-electron chi connectivity index (χ2n) is 6.10. The summed E-state index contributed by atoms with van der Waals surface area (Å²) in [5.74, 6) is -1.43. The topological polar surface area (TPSA) is 70.6 Å². The van der Waals surface area contributed by atoms with E-state index in [1.807, 2.05) is 32.0 Å². The van der Waals surface area contributed by atoms with Gasteiger partial charge in [0.1, 0.15) is 17.2 Å². The number of aliphatic hydroxyl groups is 1. The summed E-state index contributed by atoms with van der Waals surface area (Å²) in [7, 11) is 0. The van der Waals surface area contributed by atoms with Crippen LogP contribution in [0.4, 0.5) is 14.5 Å². The third-order valence-electron chi connectivity index (χ3n) is 3.56. The summed E-state index contributed by atoms with van der Waals surface area (Å²) < 4.78 is 26.8. The first-order chi connectivity index (χ1) is 11.2. The fraction of sp³-hybridized carbons (Fsp3) is 0.278. The van der Waals surface area contributed by atoms with Gasteiger partial charge >= 0.3 is 0 Å². The van der Waals surface area contributed by atoms with Crippen molar-refractivity contribution in [1.82, 2.24) is 0 Å². The van der Waals surface area contributed by atoms with E-state index < -0.39 is 17.2 Å². The van der Waals surface area contributed by atoms with Crippen LogP contribution in [0.3, 0.4) is 0 Å². The molecule has 0 aliphatic carbocycles. The molecule has 0 saturated heterocycles. The number of aliphatic imine (C=N–C) groups is 1. The number of hydrogen-bond donors (Lipinski definition) is 3. The molecule has 2 aromatic carbocycles. The van der Waals surface area contributed by atoms with E-state index in [0.29, 0.717) is 0 Å². The van der Waals surface area contributed by atoms with Gasteiger partial charge in [-0.25, -0.2) is 13.8 Å². The van der Waals surface area contributed by atoms with Crippen molar-refractivity contribution in [2.75, 3.05) is 11.9 Å². The van der Waals surface area contributed by atoms with Crippen LogP contribution in [0.5, 0.6) is 0 Å². The van der Waals surface area contributed by atoms with Crippen molar-refractivity contribution >= 4 is 35.6 Å². The molecule has 0 aromatic heterocycles. The number of nitrogens with zero attached hydrogens (tertiary/aromatic N) is 1. The number of halogens is 3. The Morgan fingerprint density at radius 2 is 1.76 bits per heavy atom. The molecule has 0 heterocycles. The maximum atomic E-state index is 13.8. The molecule has 7 heteroatoms. The summed E-state index contributed by atoms with van der Waals surface area (Å²) in [5.41, 5.74) is 7.12. The molecule has 25 heavy (non-hydrogen) atoms. The quantitative estimate of drug-likeness (QED) is 0.368. The fourth-order valence-electron chi connectivity index (χ4n) is 2.48. The van der Waals surface area contributed by atoms with Gasteiger partial charge < -0.3 is 16.2 Å². The molecule has 0 amide bonds. The molecule has 0 spiro atoms. The first-order valence-electron chi connectivity index (χ1n) is 7.50. The van der Waals surface area contributed by atoms with Gasteiger partial charge in [-0.05, 0) is 50.1 Å². The van der Waals surface area contributed by atoms with Gasteiger partial charge in [0.25, 0.3) is 0 Å². The molecule has 4 nitrogen and oxygen atoms in total. The summed E-state index contributed by atoms with van der Waals surface area (Å²) in [6.45, 7) is 5.16. The number of nitrogens with two attached hydrogens (primary N) is 1. The fourth-order valence-corrected chi connectivity index (χ4v) is 2.48. The molecule has 0 fully saturated rings. The van der Waals surface area contributed by atoms with Gasteiger partial charge in [-0.2, -0.15) is 0 Å². The van der Waals surface area contributed by atoms with Crippen LogP contribution in [0.15, 0.2) is 41.4 Å². The van der Waals surface area contributed by atoms with E-state index >= 15 is 0 Å². The van der Waals surface area contributed by atoms with E-state index in [-0.39, 0.29) is 42.0 Å². The zero-order valence-electron chi connectivity index (χ0n) is 14.3. The molecule has 4 N–H and O–H groups in total. The van der Waals surface area contributed by atoms with Crippen molar-refractivity contribution in [3.63, 3.8) is 0 Å². The van der Waals surface area contributed by atoms with Crippen LogP contribution in [-0.2, 0) is 5.60 Å². The van der Waals surface area contributed by atoms with Crippen molar-refractivity contribution in [2.24, 2.45) is 10.7 Å².